The van der Waals surface area contributed by atoms with Gasteiger partial charge in [0.05, 0.1) is 17.6 Å². The van der Waals surface area contributed by atoms with Crippen LogP contribution in [0.4, 0.5) is 11.5 Å². The fraction of sp³-hybridized carbons (Fsp3) is 0.222. The molecule has 0 saturated carbocycles. The summed E-state index contributed by atoms with van der Waals surface area (Å²) in [6, 6.07) is 0. The third kappa shape index (κ3) is 1.62. The first-order valence-corrected chi connectivity index (χ1v) is 4.71. The van der Waals surface area contributed by atoms with Crippen LogP contribution >= 0.6 is 0 Å². The molecule has 0 aliphatic carbocycles. The van der Waals surface area contributed by atoms with E-state index in [0.29, 0.717) is 17.2 Å². The number of H-pyrrole nitrogens is 2. The largest absolute Gasteiger partial charge is 0.395 e. The molecule has 2 aromatic heterocycles. The second kappa shape index (κ2) is 3.69. The average Bonchev–Trinajstić information content (AvgIpc) is 2.77. The van der Waals surface area contributed by atoms with E-state index < -0.39 is 0 Å². The van der Waals surface area contributed by atoms with Gasteiger partial charge in [-0.3, -0.25) is 15.0 Å². The molecule has 7 nitrogen and oxygen atoms in total. The van der Waals surface area contributed by atoms with Crippen molar-refractivity contribution in [3.8, 4) is 0 Å². The molecule has 0 aliphatic rings. The minimum atomic E-state index is -0.366. The van der Waals surface area contributed by atoms with Gasteiger partial charge in [-0.05, 0) is 13.8 Å². The fourth-order valence-corrected chi connectivity index (χ4v) is 1.26. The number of aryl methyl sites for hydroxylation is 2. The van der Waals surface area contributed by atoms with Crippen molar-refractivity contribution in [2.24, 2.45) is 0 Å². The van der Waals surface area contributed by atoms with Gasteiger partial charge in [0.25, 0.3) is 5.91 Å². The smallest absolute Gasteiger partial charge is 0.279 e. The molecule has 2 rings (SSSR count). The molecule has 0 aromatic carbocycles. The van der Waals surface area contributed by atoms with Gasteiger partial charge in [0.2, 0.25) is 0 Å². The highest BCUT2D eigenvalue weighted by molar-refractivity contribution is 6.06. The van der Waals surface area contributed by atoms with E-state index in [1.807, 2.05) is 6.92 Å². The van der Waals surface area contributed by atoms with Crippen molar-refractivity contribution in [3.05, 3.63) is 23.1 Å². The van der Waals surface area contributed by atoms with E-state index >= 15 is 0 Å². The van der Waals surface area contributed by atoms with Gasteiger partial charge in [0.1, 0.15) is 5.82 Å². The molecule has 2 heterocycles. The van der Waals surface area contributed by atoms with Crippen LogP contribution in [0.3, 0.4) is 0 Å². The van der Waals surface area contributed by atoms with E-state index in [2.05, 4.69) is 25.7 Å². The molecular formula is C9H12N6O. The maximum atomic E-state index is 11.8. The van der Waals surface area contributed by atoms with Crippen LogP contribution < -0.4 is 11.1 Å². The lowest BCUT2D eigenvalue weighted by Crippen LogP contribution is -2.15. The number of amides is 1. The van der Waals surface area contributed by atoms with Crippen LogP contribution in [0, 0.1) is 13.8 Å². The van der Waals surface area contributed by atoms with E-state index in [1.54, 1.807) is 13.1 Å². The quantitative estimate of drug-likeness (QED) is 0.593. The number of anilines is 2. The van der Waals surface area contributed by atoms with Gasteiger partial charge in [-0.1, -0.05) is 0 Å². The molecule has 2 aromatic rings. The van der Waals surface area contributed by atoms with Crippen LogP contribution in [0.15, 0.2) is 6.20 Å². The standard InChI is InChI=1S/C9H12N6O/c1-4-3-11-15-8(4)12-9(16)7-6(10)5(2)13-14-7/h3H,10H2,1-2H3,(H,13,14)(H2,11,12,15,16). The number of hydrogen-bond acceptors (Lipinski definition) is 4. The minimum Gasteiger partial charge on any atom is -0.395 e. The van der Waals surface area contributed by atoms with Crippen molar-refractivity contribution in [1.29, 1.82) is 0 Å². The number of aromatic amines is 2. The Morgan fingerprint density at radius 3 is 2.69 bits per heavy atom. The summed E-state index contributed by atoms with van der Waals surface area (Å²) in [6.45, 7) is 3.58. The van der Waals surface area contributed by atoms with E-state index in [0.717, 1.165) is 5.56 Å². The van der Waals surface area contributed by atoms with Gasteiger partial charge in [0, 0.05) is 5.56 Å². The molecule has 16 heavy (non-hydrogen) atoms. The van der Waals surface area contributed by atoms with Crippen LogP contribution in [0.2, 0.25) is 0 Å². The molecule has 84 valence electrons. The lowest BCUT2D eigenvalue weighted by atomic mass is 10.3. The Hall–Kier alpha value is -2.31. The zero-order chi connectivity index (χ0) is 11.7. The molecule has 1 amide bonds. The summed E-state index contributed by atoms with van der Waals surface area (Å²) in [6.07, 6.45) is 1.62. The highest BCUT2D eigenvalue weighted by Crippen LogP contribution is 2.15. The second-order valence-corrected chi connectivity index (χ2v) is 3.49. The van der Waals surface area contributed by atoms with Crippen LogP contribution in [0.1, 0.15) is 21.7 Å². The zero-order valence-corrected chi connectivity index (χ0v) is 8.96. The highest BCUT2D eigenvalue weighted by atomic mass is 16.2. The Kier molecular flexibility index (Phi) is 2.35. The molecule has 0 atom stereocenters. The predicted octanol–water partition coefficient (Wildman–Crippen LogP) is 0.584. The van der Waals surface area contributed by atoms with E-state index in [1.165, 1.54) is 0 Å². The van der Waals surface area contributed by atoms with Crippen molar-refractivity contribution in [3.63, 3.8) is 0 Å². The lowest BCUT2D eigenvalue weighted by Gasteiger charge is -2.01. The molecular weight excluding hydrogens is 208 g/mol. The molecule has 0 bridgehead atoms. The zero-order valence-electron chi connectivity index (χ0n) is 8.96. The van der Waals surface area contributed by atoms with Gasteiger partial charge in [-0.15, -0.1) is 0 Å². The monoisotopic (exact) mass is 220 g/mol. The number of carbonyl (C=O) groups excluding carboxylic acids is 1. The summed E-state index contributed by atoms with van der Waals surface area (Å²) in [5, 5.41) is 15.6. The van der Waals surface area contributed by atoms with Crippen LogP contribution in [-0.2, 0) is 0 Å². The van der Waals surface area contributed by atoms with Crippen molar-refractivity contribution in [2.75, 3.05) is 11.1 Å². The Balaban J connectivity index is 2.21. The molecule has 5 N–H and O–H groups in total. The summed E-state index contributed by atoms with van der Waals surface area (Å²) < 4.78 is 0. The maximum absolute atomic E-state index is 11.8. The number of nitrogens with two attached hydrogens (primary N) is 1. The number of carbonyl (C=O) groups is 1. The highest BCUT2D eigenvalue weighted by Gasteiger charge is 2.16. The normalized spacial score (nSPS) is 10.4. The van der Waals surface area contributed by atoms with Crippen molar-refractivity contribution >= 4 is 17.4 Å². The molecule has 0 fully saturated rings. The Morgan fingerprint density at radius 1 is 1.44 bits per heavy atom. The molecule has 0 unspecified atom stereocenters. The lowest BCUT2D eigenvalue weighted by molar-refractivity contribution is 0.102. The molecule has 0 spiro atoms. The minimum absolute atomic E-state index is 0.187. The number of hydrogen-bond donors (Lipinski definition) is 4. The van der Waals surface area contributed by atoms with E-state index in [9.17, 15) is 4.79 Å². The van der Waals surface area contributed by atoms with E-state index in [4.69, 9.17) is 5.73 Å². The summed E-state index contributed by atoms with van der Waals surface area (Å²) in [7, 11) is 0. The van der Waals surface area contributed by atoms with Gasteiger partial charge in [0.15, 0.2) is 5.69 Å². The Bertz CT molecular complexity index is 526. The summed E-state index contributed by atoms with van der Waals surface area (Å²) >= 11 is 0. The Labute approximate surface area is 91.4 Å². The molecule has 7 heteroatoms. The fourth-order valence-electron chi connectivity index (χ4n) is 1.26. The number of nitrogens with one attached hydrogen (secondary N) is 3. The summed E-state index contributed by atoms with van der Waals surface area (Å²) in [5.74, 6) is 0.180. The molecule has 0 saturated heterocycles. The second-order valence-electron chi connectivity index (χ2n) is 3.49. The van der Waals surface area contributed by atoms with Gasteiger partial charge < -0.3 is 11.1 Å². The van der Waals surface area contributed by atoms with Crippen molar-refractivity contribution in [1.82, 2.24) is 20.4 Å². The first kappa shape index (κ1) is 10.2. The van der Waals surface area contributed by atoms with E-state index in [-0.39, 0.29) is 11.6 Å². The van der Waals surface area contributed by atoms with Crippen LogP contribution in [0.25, 0.3) is 0 Å². The first-order chi connectivity index (χ1) is 7.59. The van der Waals surface area contributed by atoms with Gasteiger partial charge >= 0.3 is 0 Å². The average molecular weight is 220 g/mol. The first-order valence-electron chi connectivity index (χ1n) is 4.71. The Morgan fingerprint density at radius 2 is 2.19 bits per heavy atom. The van der Waals surface area contributed by atoms with Gasteiger partial charge in [-0.25, -0.2) is 0 Å². The topological polar surface area (TPSA) is 112 Å². The van der Waals surface area contributed by atoms with Gasteiger partial charge in [-0.2, -0.15) is 10.2 Å². The summed E-state index contributed by atoms with van der Waals surface area (Å²) in [5.41, 5.74) is 7.75. The maximum Gasteiger partial charge on any atom is 0.279 e. The predicted molar refractivity (Wildman–Crippen MR) is 59.0 cm³/mol. The number of nitrogen functional groups attached to an aromatic ring is 1. The van der Waals surface area contributed by atoms with Crippen LogP contribution in [0.5, 0.6) is 0 Å². The number of nitrogens with zero attached hydrogens (tertiary/aromatic N) is 2. The summed E-state index contributed by atoms with van der Waals surface area (Å²) in [4.78, 5) is 11.8. The van der Waals surface area contributed by atoms with Crippen molar-refractivity contribution in [2.45, 2.75) is 13.8 Å². The third-order valence-electron chi connectivity index (χ3n) is 2.28. The number of rotatable bonds is 2. The molecule has 0 aliphatic heterocycles. The SMILES string of the molecule is Cc1cn[nH]c1NC(=O)c1n[nH]c(C)c1N. The molecule has 0 radical (unpaired) electrons. The third-order valence-corrected chi connectivity index (χ3v) is 2.28. The van der Waals surface area contributed by atoms with Crippen LogP contribution in [-0.4, -0.2) is 26.3 Å². The van der Waals surface area contributed by atoms with Crippen molar-refractivity contribution < 1.29 is 4.79 Å². The number of aromatic nitrogens is 4.